The van der Waals surface area contributed by atoms with Crippen molar-refractivity contribution < 1.29 is 9.72 Å². The van der Waals surface area contributed by atoms with Crippen LogP contribution in [0.5, 0.6) is 0 Å². The van der Waals surface area contributed by atoms with Crippen molar-refractivity contribution in [2.75, 3.05) is 0 Å². The van der Waals surface area contributed by atoms with Crippen molar-refractivity contribution in [3.8, 4) is 0 Å². The molecule has 0 aliphatic heterocycles. The van der Waals surface area contributed by atoms with Crippen molar-refractivity contribution in [2.45, 2.75) is 27.3 Å². The highest BCUT2D eigenvalue weighted by molar-refractivity contribution is 7.17. The predicted octanol–water partition coefficient (Wildman–Crippen LogP) is 4.05. The summed E-state index contributed by atoms with van der Waals surface area (Å²) in [6.45, 7) is 6.80. The summed E-state index contributed by atoms with van der Waals surface area (Å²) in [5.41, 5.74) is 3.43. The molecule has 0 fully saturated rings. The number of nitro groups is 1. The molecule has 0 bridgehead atoms. The van der Waals surface area contributed by atoms with Gasteiger partial charge in [-0.1, -0.05) is 22.7 Å². The Morgan fingerprint density at radius 2 is 1.96 bits per heavy atom. The Labute approximate surface area is 145 Å². The Morgan fingerprint density at radius 3 is 2.58 bits per heavy atom. The highest BCUT2D eigenvalue weighted by atomic mass is 32.1. The number of thiophene rings is 1. The van der Waals surface area contributed by atoms with Crippen LogP contribution in [0.2, 0.25) is 0 Å². The lowest BCUT2D eigenvalue weighted by Gasteiger charge is -2.03. The Morgan fingerprint density at radius 1 is 1.25 bits per heavy atom. The topological polar surface area (TPSA) is 77.5 Å². The van der Waals surface area contributed by atoms with E-state index in [1.165, 1.54) is 34.6 Å². The number of carbonyl (C=O) groups excluding carboxylic acids is 1. The Balaban J connectivity index is 2.11. The summed E-state index contributed by atoms with van der Waals surface area (Å²) in [6.07, 6.45) is 0. The van der Waals surface area contributed by atoms with Crippen LogP contribution in [-0.2, 0) is 6.54 Å². The summed E-state index contributed by atoms with van der Waals surface area (Å²) in [5.74, 6) is -0.449. The van der Waals surface area contributed by atoms with Gasteiger partial charge in [-0.3, -0.25) is 14.9 Å². The first-order valence-corrected chi connectivity index (χ1v) is 8.98. The molecule has 6 nitrogen and oxygen atoms in total. The maximum Gasteiger partial charge on any atom is 0.324 e. The number of carbonyl (C=O) groups is 1. The number of hydrogen-bond donors (Lipinski definition) is 0. The van der Waals surface area contributed by atoms with Crippen molar-refractivity contribution >= 4 is 43.8 Å². The van der Waals surface area contributed by atoms with Crippen LogP contribution in [0.25, 0.3) is 10.2 Å². The minimum Gasteiger partial charge on any atom is -0.317 e. The van der Waals surface area contributed by atoms with Crippen LogP contribution in [0.4, 0.5) is 5.00 Å². The molecule has 1 aromatic carbocycles. The molecule has 0 saturated heterocycles. The van der Waals surface area contributed by atoms with Crippen molar-refractivity contribution in [1.82, 2.24) is 4.57 Å². The highest BCUT2D eigenvalue weighted by Gasteiger charge is 2.15. The fourth-order valence-corrected chi connectivity index (χ4v) is 4.27. The lowest BCUT2D eigenvalue weighted by molar-refractivity contribution is -0.380. The van der Waals surface area contributed by atoms with Crippen LogP contribution in [0.1, 0.15) is 27.7 Å². The van der Waals surface area contributed by atoms with E-state index < -0.39 is 10.8 Å². The van der Waals surface area contributed by atoms with Gasteiger partial charge >= 0.3 is 5.00 Å². The number of benzene rings is 1. The molecule has 0 saturated carbocycles. The van der Waals surface area contributed by atoms with E-state index in [4.69, 9.17) is 0 Å². The summed E-state index contributed by atoms with van der Waals surface area (Å²) in [5, 5.41) is 10.7. The molecular formula is C16H15N3O3S2. The number of aromatic nitrogens is 1. The summed E-state index contributed by atoms with van der Waals surface area (Å²) in [6, 6.07) is 6.98. The zero-order chi connectivity index (χ0) is 17.4. The first-order valence-electron chi connectivity index (χ1n) is 7.34. The van der Waals surface area contributed by atoms with Crippen LogP contribution in [0, 0.1) is 24.0 Å². The molecule has 0 unspecified atom stereocenters. The van der Waals surface area contributed by atoms with E-state index in [1.807, 2.05) is 11.5 Å². The lowest BCUT2D eigenvalue weighted by Crippen LogP contribution is -2.15. The van der Waals surface area contributed by atoms with Gasteiger partial charge in [0.05, 0.1) is 15.1 Å². The van der Waals surface area contributed by atoms with E-state index in [-0.39, 0.29) is 9.88 Å². The molecule has 0 radical (unpaired) electrons. The van der Waals surface area contributed by atoms with Gasteiger partial charge in [-0.05, 0) is 50.1 Å². The van der Waals surface area contributed by atoms with Crippen molar-refractivity contribution in [3.05, 3.63) is 55.2 Å². The zero-order valence-corrected chi connectivity index (χ0v) is 15.0. The molecule has 124 valence electrons. The molecule has 0 N–H and O–H groups in total. The fourth-order valence-electron chi connectivity index (χ4n) is 2.40. The predicted molar refractivity (Wildman–Crippen MR) is 95.8 cm³/mol. The van der Waals surface area contributed by atoms with Crippen molar-refractivity contribution in [2.24, 2.45) is 4.99 Å². The second-order valence-electron chi connectivity index (χ2n) is 5.35. The molecule has 2 aromatic heterocycles. The molecule has 8 heteroatoms. The smallest absolute Gasteiger partial charge is 0.317 e. The second kappa shape index (κ2) is 6.29. The molecule has 24 heavy (non-hydrogen) atoms. The van der Waals surface area contributed by atoms with Gasteiger partial charge in [0, 0.05) is 12.6 Å². The number of amides is 1. The van der Waals surface area contributed by atoms with Crippen LogP contribution in [-0.4, -0.2) is 15.4 Å². The summed E-state index contributed by atoms with van der Waals surface area (Å²) in [4.78, 5) is 27.7. The first-order chi connectivity index (χ1) is 11.4. The number of rotatable bonds is 3. The van der Waals surface area contributed by atoms with Crippen LogP contribution < -0.4 is 4.80 Å². The Kier molecular flexibility index (Phi) is 4.33. The average Bonchev–Trinajstić information content (AvgIpc) is 3.13. The Bertz CT molecular complexity index is 1030. The number of thiazole rings is 1. The lowest BCUT2D eigenvalue weighted by atomic mass is 10.1. The van der Waals surface area contributed by atoms with Gasteiger partial charge in [-0.15, -0.1) is 0 Å². The maximum absolute atomic E-state index is 12.3. The molecule has 0 aliphatic carbocycles. The highest BCUT2D eigenvalue weighted by Crippen LogP contribution is 2.25. The van der Waals surface area contributed by atoms with Gasteiger partial charge in [-0.25, -0.2) is 0 Å². The van der Waals surface area contributed by atoms with E-state index in [0.29, 0.717) is 11.3 Å². The second-order valence-corrected chi connectivity index (χ2v) is 7.42. The Hall–Kier alpha value is -2.32. The monoisotopic (exact) mass is 361 g/mol. The average molecular weight is 361 g/mol. The molecule has 3 rings (SSSR count). The third kappa shape index (κ3) is 2.90. The fraction of sp³-hybridized carbons (Fsp3) is 0.250. The van der Waals surface area contributed by atoms with Crippen molar-refractivity contribution in [1.29, 1.82) is 0 Å². The summed E-state index contributed by atoms with van der Waals surface area (Å²) >= 11 is 2.30. The SMILES string of the molecule is CCn1c(=NC(=O)c2ccc([N+](=O)[O-])s2)sc2cc(C)c(C)cc21. The van der Waals surface area contributed by atoms with E-state index in [0.717, 1.165) is 21.6 Å². The van der Waals surface area contributed by atoms with Gasteiger partial charge in [0.15, 0.2) is 4.80 Å². The first kappa shape index (κ1) is 16.5. The minimum absolute atomic E-state index is 0.0560. The molecule has 0 aliphatic rings. The number of fused-ring (bicyclic) bond motifs is 1. The van der Waals surface area contributed by atoms with E-state index in [9.17, 15) is 14.9 Å². The molecular weight excluding hydrogens is 346 g/mol. The third-order valence-electron chi connectivity index (χ3n) is 3.79. The summed E-state index contributed by atoms with van der Waals surface area (Å²) in [7, 11) is 0. The quantitative estimate of drug-likeness (QED) is 0.521. The number of aryl methyl sites for hydroxylation is 3. The van der Waals surface area contributed by atoms with Gasteiger partial charge < -0.3 is 4.57 Å². The van der Waals surface area contributed by atoms with E-state index in [1.54, 1.807) is 0 Å². The number of nitrogens with zero attached hydrogens (tertiary/aromatic N) is 3. The van der Waals surface area contributed by atoms with Crippen LogP contribution in [0.15, 0.2) is 29.3 Å². The van der Waals surface area contributed by atoms with Crippen LogP contribution in [0.3, 0.4) is 0 Å². The molecule has 2 heterocycles. The van der Waals surface area contributed by atoms with E-state index >= 15 is 0 Å². The zero-order valence-electron chi connectivity index (χ0n) is 13.4. The van der Waals surface area contributed by atoms with Crippen LogP contribution >= 0.6 is 22.7 Å². The number of hydrogen-bond acceptors (Lipinski definition) is 5. The molecule has 3 aromatic rings. The van der Waals surface area contributed by atoms with Crippen molar-refractivity contribution in [3.63, 3.8) is 0 Å². The minimum atomic E-state index is -0.501. The van der Waals surface area contributed by atoms with E-state index in [2.05, 4.69) is 31.0 Å². The third-order valence-corrected chi connectivity index (χ3v) is 5.86. The molecule has 0 spiro atoms. The normalized spacial score (nSPS) is 12.0. The standard InChI is InChI=1S/C16H15N3O3S2/c1-4-18-11-7-9(2)10(3)8-13(11)24-16(18)17-15(20)12-5-6-14(23-12)19(21)22/h5-8H,4H2,1-3H3. The maximum atomic E-state index is 12.3. The molecule has 0 atom stereocenters. The molecule has 1 amide bonds. The van der Waals surface area contributed by atoms with Gasteiger partial charge in [0.25, 0.3) is 5.91 Å². The van der Waals surface area contributed by atoms with Gasteiger partial charge in [0.1, 0.15) is 4.88 Å². The summed E-state index contributed by atoms with van der Waals surface area (Å²) < 4.78 is 3.07. The van der Waals surface area contributed by atoms with Gasteiger partial charge in [-0.2, -0.15) is 4.99 Å². The largest absolute Gasteiger partial charge is 0.324 e. The van der Waals surface area contributed by atoms with Gasteiger partial charge in [0.2, 0.25) is 0 Å².